The third kappa shape index (κ3) is 1.54. The molecule has 2 nitrogen and oxygen atoms in total. The van der Waals surface area contributed by atoms with Crippen LogP contribution in [-0.4, -0.2) is 23.9 Å². The van der Waals surface area contributed by atoms with Gasteiger partial charge in [-0.15, -0.1) is 0 Å². The molecule has 1 saturated heterocycles. The molecule has 4 rings (SSSR count). The molecule has 2 heteroatoms. The van der Waals surface area contributed by atoms with Gasteiger partial charge in [-0.1, -0.05) is 23.8 Å². The predicted molar refractivity (Wildman–Crippen MR) is 79.7 cm³/mol. The quantitative estimate of drug-likeness (QED) is 0.708. The highest BCUT2D eigenvalue weighted by molar-refractivity contribution is 5.73. The van der Waals surface area contributed by atoms with Gasteiger partial charge in [0.15, 0.2) is 0 Å². The maximum atomic E-state index is 11.8. The molecule has 1 heterocycles. The van der Waals surface area contributed by atoms with Crippen molar-refractivity contribution < 1.29 is 4.79 Å². The van der Waals surface area contributed by atoms with E-state index in [9.17, 15) is 4.79 Å². The Balaban J connectivity index is 1.75. The van der Waals surface area contributed by atoms with Crippen LogP contribution in [0.1, 0.15) is 48.8 Å². The highest BCUT2D eigenvalue weighted by atomic mass is 16.2. The summed E-state index contributed by atoms with van der Waals surface area (Å²) >= 11 is 0. The number of fused-ring (bicyclic) bond motifs is 2. The summed E-state index contributed by atoms with van der Waals surface area (Å²) < 4.78 is 0. The molecular weight excluding hydrogens is 246 g/mol. The average molecular weight is 269 g/mol. The Kier molecular flexibility index (Phi) is 2.55. The molecule has 2 aliphatic carbocycles. The fourth-order valence-corrected chi connectivity index (χ4v) is 5.25. The van der Waals surface area contributed by atoms with E-state index in [-0.39, 0.29) is 5.91 Å². The van der Waals surface area contributed by atoms with E-state index in [4.69, 9.17) is 0 Å². The molecule has 1 aliphatic heterocycles. The summed E-state index contributed by atoms with van der Waals surface area (Å²) in [7, 11) is 0. The summed E-state index contributed by atoms with van der Waals surface area (Å²) in [5, 5.41) is 0. The van der Waals surface area contributed by atoms with Crippen molar-refractivity contribution in [3.05, 3.63) is 34.9 Å². The molecule has 3 aliphatic rings. The highest BCUT2D eigenvalue weighted by Gasteiger charge is 2.57. The molecule has 0 radical (unpaired) electrons. The van der Waals surface area contributed by atoms with Crippen LogP contribution in [0, 0.1) is 18.3 Å². The number of likely N-dealkylation sites (tertiary alicyclic amines) is 1. The van der Waals surface area contributed by atoms with Crippen molar-refractivity contribution >= 4 is 5.91 Å². The zero-order valence-corrected chi connectivity index (χ0v) is 12.5. The van der Waals surface area contributed by atoms with Crippen LogP contribution in [0.3, 0.4) is 0 Å². The molecule has 1 spiro atoms. The van der Waals surface area contributed by atoms with Crippen LogP contribution in [0.2, 0.25) is 0 Å². The molecule has 20 heavy (non-hydrogen) atoms. The molecule has 0 N–H and O–H groups in total. The summed E-state index contributed by atoms with van der Waals surface area (Å²) in [5.41, 5.74) is 4.94. The van der Waals surface area contributed by atoms with Crippen LogP contribution in [0.15, 0.2) is 18.2 Å². The normalized spacial score (nSPS) is 34.6. The minimum Gasteiger partial charge on any atom is -0.342 e. The first-order chi connectivity index (χ1) is 9.60. The third-order valence-electron chi connectivity index (χ3n) is 6.22. The van der Waals surface area contributed by atoms with E-state index in [1.807, 2.05) is 0 Å². The van der Waals surface area contributed by atoms with E-state index in [1.165, 1.54) is 31.2 Å². The first-order valence-electron chi connectivity index (χ1n) is 7.95. The van der Waals surface area contributed by atoms with Gasteiger partial charge in [0.1, 0.15) is 0 Å². The molecule has 1 aromatic rings. The standard InChI is InChI=1S/C18H23NO/c1-12-3-5-16-14(9-12)7-8-18-11-19(13(2)20)10-15(18)4-6-17(16)18/h3,5,9,15,17H,4,6-8,10-11H2,1-2H3/t15-,17+,18+/m1/s1. The SMILES string of the molecule is CC(=O)N1C[C@H]2CC[C@H]3c4ccc(C)cc4CC[C@]23C1. The fourth-order valence-electron chi connectivity index (χ4n) is 5.25. The van der Waals surface area contributed by atoms with Crippen molar-refractivity contribution in [2.24, 2.45) is 11.3 Å². The number of carbonyl (C=O) groups is 1. The summed E-state index contributed by atoms with van der Waals surface area (Å²) in [6.45, 7) is 5.93. The van der Waals surface area contributed by atoms with Crippen molar-refractivity contribution in [3.8, 4) is 0 Å². The third-order valence-corrected chi connectivity index (χ3v) is 6.22. The minimum absolute atomic E-state index is 0.266. The zero-order valence-electron chi connectivity index (χ0n) is 12.5. The van der Waals surface area contributed by atoms with Crippen molar-refractivity contribution in [2.45, 2.75) is 45.4 Å². The largest absolute Gasteiger partial charge is 0.342 e. The first-order valence-corrected chi connectivity index (χ1v) is 7.95. The Morgan fingerprint density at radius 2 is 2.20 bits per heavy atom. The Morgan fingerprint density at radius 3 is 3.00 bits per heavy atom. The number of hydrogen-bond donors (Lipinski definition) is 0. The molecule has 106 valence electrons. The Bertz CT molecular complexity index is 579. The molecule has 1 saturated carbocycles. The van der Waals surface area contributed by atoms with E-state index in [0.29, 0.717) is 11.3 Å². The van der Waals surface area contributed by atoms with Crippen molar-refractivity contribution in [2.75, 3.05) is 13.1 Å². The van der Waals surface area contributed by atoms with Crippen molar-refractivity contribution in [1.29, 1.82) is 0 Å². The molecule has 0 aromatic heterocycles. The zero-order chi connectivity index (χ0) is 13.9. The Labute approximate surface area is 121 Å². The van der Waals surface area contributed by atoms with Crippen LogP contribution in [0.25, 0.3) is 0 Å². The monoisotopic (exact) mass is 269 g/mol. The summed E-state index contributed by atoms with van der Waals surface area (Å²) in [6, 6.07) is 7.02. The summed E-state index contributed by atoms with van der Waals surface area (Å²) in [6.07, 6.45) is 5.12. The molecule has 2 fully saturated rings. The molecule has 0 bridgehead atoms. The number of benzene rings is 1. The number of aryl methyl sites for hydroxylation is 2. The van der Waals surface area contributed by atoms with E-state index in [1.54, 1.807) is 18.1 Å². The molecule has 1 amide bonds. The Morgan fingerprint density at radius 1 is 1.35 bits per heavy atom. The lowest BCUT2D eigenvalue weighted by atomic mass is 9.63. The van der Waals surface area contributed by atoms with Crippen LogP contribution in [0.4, 0.5) is 0 Å². The van der Waals surface area contributed by atoms with Crippen molar-refractivity contribution in [1.82, 2.24) is 4.90 Å². The maximum absolute atomic E-state index is 11.8. The molecule has 0 unspecified atom stereocenters. The summed E-state index contributed by atoms with van der Waals surface area (Å²) in [5.74, 6) is 1.70. The number of amides is 1. The van der Waals surface area contributed by atoms with Crippen LogP contribution < -0.4 is 0 Å². The lowest BCUT2D eigenvalue weighted by Gasteiger charge is -2.41. The minimum atomic E-state index is 0.266. The first kappa shape index (κ1) is 12.4. The number of rotatable bonds is 0. The highest BCUT2D eigenvalue weighted by Crippen LogP contribution is 2.61. The molecule has 1 aromatic carbocycles. The second kappa shape index (κ2) is 4.09. The van der Waals surface area contributed by atoms with Crippen LogP contribution in [-0.2, 0) is 11.2 Å². The second-order valence-corrected chi connectivity index (χ2v) is 7.16. The van der Waals surface area contributed by atoms with Gasteiger partial charge < -0.3 is 4.90 Å². The second-order valence-electron chi connectivity index (χ2n) is 7.16. The maximum Gasteiger partial charge on any atom is 0.219 e. The summed E-state index contributed by atoms with van der Waals surface area (Å²) in [4.78, 5) is 13.9. The lowest BCUT2D eigenvalue weighted by molar-refractivity contribution is -0.128. The smallest absolute Gasteiger partial charge is 0.219 e. The number of hydrogen-bond acceptors (Lipinski definition) is 1. The average Bonchev–Trinajstić information content (AvgIpc) is 2.93. The van der Waals surface area contributed by atoms with Gasteiger partial charge in [0.05, 0.1) is 0 Å². The van der Waals surface area contributed by atoms with Gasteiger partial charge in [-0.3, -0.25) is 4.79 Å². The number of nitrogens with zero attached hydrogens (tertiary/aromatic N) is 1. The van der Waals surface area contributed by atoms with Gasteiger partial charge in [-0.2, -0.15) is 0 Å². The lowest BCUT2D eigenvalue weighted by Crippen LogP contribution is -2.37. The van der Waals surface area contributed by atoms with E-state index < -0.39 is 0 Å². The van der Waals surface area contributed by atoms with E-state index in [0.717, 1.165) is 19.0 Å². The van der Waals surface area contributed by atoms with Gasteiger partial charge in [-0.05, 0) is 61.0 Å². The van der Waals surface area contributed by atoms with Gasteiger partial charge in [0.2, 0.25) is 5.91 Å². The Hall–Kier alpha value is -1.31. The van der Waals surface area contributed by atoms with E-state index in [2.05, 4.69) is 30.0 Å². The van der Waals surface area contributed by atoms with Crippen molar-refractivity contribution in [3.63, 3.8) is 0 Å². The van der Waals surface area contributed by atoms with E-state index >= 15 is 0 Å². The van der Waals surface area contributed by atoms with Gasteiger partial charge in [0, 0.05) is 20.0 Å². The van der Waals surface area contributed by atoms with Crippen LogP contribution in [0.5, 0.6) is 0 Å². The molecular formula is C18H23NO. The fraction of sp³-hybridized carbons (Fsp3) is 0.611. The topological polar surface area (TPSA) is 20.3 Å². The number of carbonyl (C=O) groups excluding carboxylic acids is 1. The molecule has 3 atom stereocenters. The van der Waals surface area contributed by atoms with Gasteiger partial charge >= 0.3 is 0 Å². The van der Waals surface area contributed by atoms with Crippen LogP contribution >= 0.6 is 0 Å². The van der Waals surface area contributed by atoms with Gasteiger partial charge in [0.25, 0.3) is 0 Å². The van der Waals surface area contributed by atoms with Gasteiger partial charge in [-0.25, -0.2) is 0 Å². The predicted octanol–water partition coefficient (Wildman–Crippen LogP) is 3.28.